The highest BCUT2D eigenvalue weighted by atomic mass is 32.2. The van der Waals surface area contributed by atoms with Crippen molar-refractivity contribution in [2.75, 3.05) is 6.26 Å². The molecule has 0 aliphatic carbocycles. The number of hydrogen-bond acceptors (Lipinski definition) is 5. The Hall–Kier alpha value is -1.71. The van der Waals surface area contributed by atoms with Crippen LogP contribution < -0.4 is 0 Å². The Kier molecular flexibility index (Phi) is 3.60. The molecule has 0 aromatic carbocycles. The Morgan fingerprint density at radius 2 is 2.00 bits per heavy atom. The van der Waals surface area contributed by atoms with Crippen molar-refractivity contribution in [3.05, 3.63) is 23.3 Å². The fourth-order valence-corrected chi connectivity index (χ4v) is 1.70. The van der Waals surface area contributed by atoms with Crippen LogP contribution in [0.3, 0.4) is 0 Å². The van der Waals surface area contributed by atoms with Crippen LogP contribution in [0, 0.1) is 0 Å². The summed E-state index contributed by atoms with van der Waals surface area (Å²) in [7, 11) is -3.61. The van der Waals surface area contributed by atoms with Crippen molar-refractivity contribution in [2.24, 2.45) is 0 Å². The van der Waals surface area contributed by atoms with Gasteiger partial charge < -0.3 is 5.11 Å². The largest absolute Gasteiger partial charge is 0.478 e. The summed E-state index contributed by atoms with van der Waals surface area (Å²) in [6.07, 6.45) is -3.75. The van der Waals surface area contributed by atoms with E-state index >= 15 is 0 Å². The van der Waals surface area contributed by atoms with E-state index in [9.17, 15) is 26.4 Å². The number of rotatable bonds is 3. The van der Waals surface area contributed by atoms with Gasteiger partial charge >= 0.3 is 12.1 Å². The lowest BCUT2D eigenvalue weighted by molar-refractivity contribution is -0.141. The summed E-state index contributed by atoms with van der Waals surface area (Å²) in [6.45, 7) is 0. The number of hydrogen-bond donors (Lipinski definition) is 1. The predicted octanol–water partition coefficient (Wildman–Crippen LogP) is 0.738. The van der Waals surface area contributed by atoms with E-state index in [0.29, 0.717) is 6.20 Å². The third-order valence-electron chi connectivity index (χ3n) is 1.73. The molecule has 0 amide bonds. The average Bonchev–Trinajstić information content (AvgIpc) is 2.13. The van der Waals surface area contributed by atoms with Crippen molar-refractivity contribution in [1.82, 2.24) is 9.97 Å². The van der Waals surface area contributed by atoms with E-state index in [0.717, 1.165) is 6.26 Å². The number of carbonyl (C=O) groups is 1. The first-order valence-corrected chi connectivity index (χ1v) is 6.41. The molecule has 0 aliphatic rings. The molecule has 0 fully saturated rings. The number of aromatic carboxylic acids is 1. The van der Waals surface area contributed by atoms with Gasteiger partial charge in [0.25, 0.3) is 0 Å². The van der Waals surface area contributed by atoms with Gasteiger partial charge in [-0.15, -0.1) is 0 Å². The summed E-state index contributed by atoms with van der Waals surface area (Å²) in [5, 5.41) is 8.55. The second kappa shape index (κ2) is 4.52. The second-order valence-electron chi connectivity index (χ2n) is 3.42. The lowest BCUT2D eigenvalue weighted by Gasteiger charge is -2.09. The van der Waals surface area contributed by atoms with Crippen molar-refractivity contribution in [3.8, 4) is 0 Å². The minimum absolute atomic E-state index is 0.443. The monoisotopic (exact) mass is 284 g/mol. The normalized spacial score (nSPS) is 12.4. The molecule has 18 heavy (non-hydrogen) atoms. The molecular weight excluding hydrogens is 277 g/mol. The maximum atomic E-state index is 12.5. The summed E-state index contributed by atoms with van der Waals surface area (Å²) in [5.74, 6) is -3.24. The SMILES string of the molecule is CS(=O)(=O)Cc1ncc(C(=O)O)c(C(F)(F)F)n1. The molecule has 0 unspecified atom stereocenters. The third kappa shape index (κ3) is 3.65. The molecule has 1 aromatic heterocycles. The van der Waals surface area contributed by atoms with E-state index in [1.807, 2.05) is 0 Å². The van der Waals surface area contributed by atoms with E-state index in [1.165, 1.54) is 0 Å². The molecular formula is C8H7F3N2O4S. The topological polar surface area (TPSA) is 97.2 Å². The molecule has 1 rings (SSSR count). The van der Waals surface area contributed by atoms with E-state index < -0.39 is 44.8 Å². The number of aromatic nitrogens is 2. The lowest BCUT2D eigenvalue weighted by atomic mass is 10.2. The van der Waals surface area contributed by atoms with Crippen molar-refractivity contribution in [1.29, 1.82) is 0 Å². The zero-order chi connectivity index (χ0) is 14.1. The van der Waals surface area contributed by atoms with Crippen molar-refractivity contribution >= 4 is 15.8 Å². The summed E-state index contributed by atoms with van der Waals surface area (Å²) in [5.41, 5.74) is -2.79. The molecule has 0 radical (unpaired) electrons. The molecule has 0 saturated carbocycles. The molecule has 1 aromatic rings. The van der Waals surface area contributed by atoms with Crippen LogP contribution in [0.25, 0.3) is 0 Å². The van der Waals surface area contributed by atoms with E-state index in [4.69, 9.17) is 5.11 Å². The van der Waals surface area contributed by atoms with Crippen LogP contribution in [0.2, 0.25) is 0 Å². The summed E-state index contributed by atoms with van der Waals surface area (Å²) in [6, 6.07) is 0. The van der Waals surface area contributed by atoms with Gasteiger partial charge in [0.1, 0.15) is 17.1 Å². The fourth-order valence-electron chi connectivity index (χ4n) is 1.09. The van der Waals surface area contributed by atoms with Crippen molar-refractivity contribution in [3.63, 3.8) is 0 Å². The minimum atomic E-state index is -5.00. The van der Waals surface area contributed by atoms with Crippen molar-refractivity contribution < 1.29 is 31.5 Å². The zero-order valence-corrected chi connectivity index (χ0v) is 9.71. The quantitative estimate of drug-likeness (QED) is 0.879. The standard InChI is InChI=1S/C8H7F3N2O4S/c1-18(16,17)3-5-12-2-4(7(14)15)6(13-5)8(9,10)11/h2H,3H2,1H3,(H,14,15). The number of alkyl halides is 3. The number of sulfone groups is 1. The predicted molar refractivity (Wildman–Crippen MR) is 52.5 cm³/mol. The van der Waals surface area contributed by atoms with Crippen LogP contribution >= 0.6 is 0 Å². The van der Waals surface area contributed by atoms with Crippen LogP contribution in [0.4, 0.5) is 13.2 Å². The van der Waals surface area contributed by atoms with Gasteiger partial charge in [0, 0.05) is 12.5 Å². The lowest BCUT2D eigenvalue weighted by Crippen LogP contribution is -2.18. The molecule has 6 nitrogen and oxygen atoms in total. The van der Waals surface area contributed by atoms with Crippen LogP contribution in [-0.4, -0.2) is 35.7 Å². The van der Waals surface area contributed by atoms with Gasteiger partial charge in [0.15, 0.2) is 15.5 Å². The first-order valence-electron chi connectivity index (χ1n) is 4.35. The molecule has 0 aliphatic heterocycles. The van der Waals surface area contributed by atoms with Gasteiger partial charge in [-0.05, 0) is 0 Å². The Bertz CT molecular complexity index is 582. The van der Waals surface area contributed by atoms with E-state index in [-0.39, 0.29) is 0 Å². The zero-order valence-electron chi connectivity index (χ0n) is 8.89. The Balaban J connectivity index is 3.35. The number of carboxylic acid groups (broad SMARTS) is 1. The minimum Gasteiger partial charge on any atom is -0.478 e. The van der Waals surface area contributed by atoms with Gasteiger partial charge in [-0.1, -0.05) is 0 Å². The van der Waals surface area contributed by atoms with Gasteiger partial charge in [0.05, 0.1) is 0 Å². The Morgan fingerprint density at radius 1 is 1.44 bits per heavy atom. The highest BCUT2D eigenvalue weighted by molar-refractivity contribution is 7.89. The van der Waals surface area contributed by atoms with E-state index in [1.54, 1.807) is 0 Å². The molecule has 0 saturated heterocycles. The maximum Gasteiger partial charge on any atom is 0.434 e. The number of halogens is 3. The fraction of sp³-hybridized carbons (Fsp3) is 0.375. The Morgan fingerprint density at radius 3 is 2.39 bits per heavy atom. The van der Waals surface area contributed by atoms with E-state index in [2.05, 4.69) is 9.97 Å². The van der Waals surface area contributed by atoms with Crippen LogP contribution in [0.5, 0.6) is 0 Å². The van der Waals surface area contributed by atoms with Crippen LogP contribution in [-0.2, 0) is 21.8 Å². The number of carboxylic acids is 1. The maximum absolute atomic E-state index is 12.5. The Labute approximate surface area is 99.4 Å². The van der Waals surface area contributed by atoms with Gasteiger partial charge in [0.2, 0.25) is 0 Å². The van der Waals surface area contributed by atoms with Crippen LogP contribution in [0.15, 0.2) is 6.20 Å². The summed E-state index contributed by atoms with van der Waals surface area (Å²) in [4.78, 5) is 16.8. The second-order valence-corrected chi connectivity index (χ2v) is 5.56. The van der Waals surface area contributed by atoms with Gasteiger partial charge in [-0.3, -0.25) is 0 Å². The molecule has 0 bridgehead atoms. The third-order valence-corrected chi connectivity index (χ3v) is 2.51. The number of nitrogens with zero attached hydrogens (tertiary/aromatic N) is 2. The molecule has 10 heteroatoms. The first kappa shape index (κ1) is 14.4. The molecule has 100 valence electrons. The summed E-state index contributed by atoms with van der Waals surface area (Å²) < 4.78 is 59.4. The average molecular weight is 284 g/mol. The highest BCUT2D eigenvalue weighted by Gasteiger charge is 2.38. The first-order chi connectivity index (χ1) is 8.00. The summed E-state index contributed by atoms with van der Waals surface area (Å²) >= 11 is 0. The molecule has 0 atom stereocenters. The highest BCUT2D eigenvalue weighted by Crippen LogP contribution is 2.30. The smallest absolute Gasteiger partial charge is 0.434 e. The molecule has 1 N–H and O–H groups in total. The van der Waals surface area contributed by atoms with Crippen LogP contribution in [0.1, 0.15) is 21.9 Å². The van der Waals surface area contributed by atoms with Crippen molar-refractivity contribution in [2.45, 2.75) is 11.9 Å². The van der Waals surface area contributed by atoms with Gasteiger partial charge in [-0.25, -0.2) is 23.2 Å². The molecule has 1 heterocycles. The van der Waals surface area contributed by atoms with Gasteiger partial charge in [-0.2, -0.15) is 13.2 Å². The molecule has 0 spiro atoms.